The van der Waals surface area contributed by atoms with E-state index < -0.39 is 0 Å². The number of aliphatic hydroxyl groups excluding tert-OH is 1. The molecule has 8 heteroatoms. The molecule has 0 spiro atoms. The fraction of sp³-hybridized carbons (Fsp3) is 0.545. The highest BCUT2D eigenvalue weighted by Gasteiger charge is 2.20. The Hall–Kier alpha value is -1.60. The highest BCUT2D eigenvalue weighted by molar-refractivity contribution is 6.36. The lowest BCUT2D eigenvalue weighted by molar-refractivity contribution is 0.0699. The molecule has 2 aromatic rings. The minimum Gasteiger partial charge on any atom is -0.393 e. The van der Waals surface area contributed by atoms with E-state index in [1.54, 1.807) is 6.20 Å². The predicted molar refractivity (Wildman–Crippen MR) is 121 cm³/mol. The van der Waals surface area contributed by atoms with Gasteiger partial charge >= 0.3 is 0 Å². The van der Waals surface area contributed by atoms with Crippen molar-refractivity contribution in [2.24, 2.45) is 5.92 Å². The van der Waals surface area contributed by atoms with E-state index in [-0.39, 0.29) is 6.10 Å². The Bertz CT molecular complexity index is 853. The second-order valence-electron chi connectivity index (χ2n) is 8.16. The van der Waals surface area contributed by atoms with Crippen LogP contribution in [-0.2, 0) is 4.74 Å². The molecule has 3 N–H and O–H groups in total. The minimum atomic E-state index is -0.184. The fourth-order valence-corrected chi connectivity index (χ4v) is 4.46. The maximum Gasteiger partial charge on any atom is 0.126 e. The lowest BCUT2D eigenvalue weighted by atomic mass is 9.93. The van der Waals surface area contributed by atoms with Crippen molar-refractivity contribution in [3.63, 3.8) is 0 Å². The maximum absolute atomic E-state index is 9.71. The molecule has 2 aliphatic rings. The van der Waals surface area contributed by atoms with E-state index in [4.69, 9.17) is 32.9 Å². The Kier molecular flexibility index (Phi) is 7.31. The van der Waals surface area contributed by atoms with Crippen LogP contribution in [0.5, 0.6) is 0 Å². The van der Waals surface area contributed by atoms with E-state index in [2.05, 4.69) is 15.6 Å². The summed E-state index contributed by atoms with van der Waals surface area (Å²) in [5.74, 6) is 2.12. The highest BCUT2D eigenvalue weighted by atomic mass is 35.5. The number of nitrogens with zero attached hydrogens (tertiary/aromatic N) is 2. The summed E-state index contributed by atoms with van der Waals surface area (Å²) in [4.78, 5) is 9.16. The number of ether oxygens (including phenoxy) is 1. The van der Waals surface area contributed by atoms with Gasteiger partial charge in [-0.3, -0.25) is 0 Å². The number of anilines is 2. The first-order valence-electron chi connectivity index (χ1n) is 10.7. The molecule has 0 unspecified atom stereocenters. The van der Waals surface area contributed by atoms with Crippen LogP contribution in [-0.4, -0.2) is 47.0 Å². The van der Waals surface area contributed by atoms with Gasteiger partial charge in [-0.25, -0.2) is 9.97 Å². The summed E-state index contributed by atoms with van der Waals surface area (Å²) in [6, 6.07) is 5.95. The predicted octanol–water partition coefficient (Wildman–Crippen LogP) is 5.00. The van der Waals surface area contributed by atoms with Crippen LogP contribution in [0.3, 0.4) is 0 Å². The Morgan fingerprint density at radius 1 is 1.00 bits per heavy atom. The van der Waals surface area contributed by atoms with Gasteiger partial charge in [-0.2, -0.15) is 0 Å². The van der Waals surface area contributed by atoms with Crippen molar-refractivity contribution in [2.75, 3.05) is 30.4 Å². The van der Waals surface area contributed by atoms with Crippen molar-refractivity contribution in [1.82, 2.24) is 9.97 Å². The van der Waals surface area contributed by atoms with Crippen molar-refractivity contribution < 1.29 is 9.84 Å². The molecule has 30 heavy (non-hydrogen) atoms. The molecule has 0 radical (unpaired) electrons. The van der Waals surface area contributed by atoms with Gasteiger partial charge < -0.3 is 20.5 Å². The average molecular weight is 451 g/mol. The lowest BCUT2D eigenvalue weighted by Gasteiger charge is -2.26. The van der Waals surface area contributed by atoms with Crippen molar-refractivity contribution in [2.45, 2.75) is 50.7 Å². The van der Waals surface area contributed by atoms with E-state index in [0.717, 1.165) is 75.5 Å². The standard InChI is InChI=1S/C22H28Cl2N4O2/c23-18-5-6-20(25-12-14-7-9-30-10-8-14)28-22(18)17-11-21(26-13-19(17)24)27-15-1-3-16(29)4-2-15/h5-6,11,13-16,29H,1-4,7-10,12H2,(H,25,28)(H,26,27)/t15-,16-. The highest BCUT2D eigenvalue weighted by Crippen LogP contribution is 2.34. The van der Waals surface area contributed by atoms with Crippen LogP contribution in [0, 0.1) is 5.92 Å². The third-order valence-corrected chi connectivity index (χ3v) is 6.52. The monoisotopic (exact) mass is 450 g/mol. The van der Waals surface area contributed by atoms with Crippen LogP contribution in [0.25, 0.3) is 11.3 Å². The van der Waals surface area contributed by atoms with Gasteiger partial charge in [-0.05, 0) is 62.6 Å². The van der Waals surface area contributed by atoms with Crippen molar-refractivity contribution >= 4 is 34.8 Å². The molecular weight excluding hydrogens is 423 g/mol. The average Bonchev–Trinajstić information content (AvgIpc) is 2.77. The molecular formula is C22H28Cl2N4O2. The number of rotatable bonds is 6. The number of pyridine rings is 2. The molecule has 2 aromatic heterocycles. The van der Waals surface area contributed by atoms with Gasteiger partial charge in [0.1, 0.15) is 11.6 Å². The first-order valence-corrected chi connectivity index (χ1v) is 11.4. The van der Waals surface area contributed by atoms with Gasteiger partial charge in [0.2, 0.25) is 0 Å². The van der Waals surface area contributed by atoms with Crippen LogP contribution in [0.1, 0.15) is 38.5 Å². The van der Waals surface area contributed by atoms with Gasteiger partial charge in [0, 0.05) is 37.6 Å². The summed E-state index contributed by atoms with van der Waals surface area (Å²) in [5, 5.41) is 17.7. The molecule has 3 heterocycles. The van der Waals surface area contributed by atoms with Gasteiger partial charge in [0.15, 0.2) is 0 Å². The van der Waals surface area contributed by atoms with E-state index in [1.807, 2.05) is 18.2 Å². The first-order chi connectivity index (χ1) is 14.6. The smallest absolute Gasteiger partial charge is 0.126 e. The molecule has 0 aromatic carbocycles. The molecule has 1 saturated carbocycles. The number of hydrogen-bond donors (Lipinski definition) is 3. The number of nitrogens with one attached hydrogen (secondary N) is 2. The van der Waals surface area contributed by atoms with Gasteiger partial charge in [0.25, 0.3) is 0 Å². The van der Waals surface area contributed by atoms with E-state index in [9.17, 15) is 5.11 Å². The number of hydrogen-bond acceptors (Lipinski definition) is 6. The normalized spacial score (nSPS) is 22.6. The Morgan fingerprint density at radius 3 is 2.53 bits per heavy atom. The Labute approximate surface area is 187 Å². The molecule has 1 aliphatic carbocycles. The summed E-state index contributed by atoms with van der Waals surface area (Å²) in [7, 11) is 0. The Balaban J connectivity index is 1.49. The van der Waals surface area contributed by atoms with Crippen LogP contribution in [0.4, 0.5) is 11.6 Å². The second kappa shape index (κ2) is 10.1. The zero-order chi connectivity index (χ0) is 20.9. The summed E-state index contributed by atoms with van der Waals surface area (Å²) in [6.45, 7) is 2.52. The molecule has 4 rings (SSSR count). The zero-order valence-corrected chi connectivity index (χ0v) is 18.4. The number of aromatic nitrogens is 2. The van der Waals surface area contributed by atoms with Crippen LogP contribution in [0.2, 0.25) is 10.0 Å². The van der Waals surface area contributed by atoms with E-state index in [0.29, 0.717) is 27.7 Å². The van der Waals surface area contributed by atoms with Gasteiger partial charge in [-0.1, -0.05) is 23.2 Å². The fourth-order valence-electron chi connectivity index (χ4n) is 4.06. The Morgan fingerprint density at radius 2 is 1.77 bits per heavy atom. The molecule has 2 fully saturated rings. The molecule has 1 aliphatic heterocycles. The maximum atomic E-state index is 9.71. The lowest BCUT2D eigenvalue weighted by Crippen LogP contribution is -2.28. The van der Waals surface area contributed by atoms with Gasteiger partial charge in [-0.15, -0.1) is 0 Å². The summed E-state index contributed by atoms with van der Waals surface area (Å²) >= 11 is 12.9. The molecule has 0 bridgehead atoms. The van der Waals surface area contributed by atoms with E-state index in [1.165, 1.54) is 0 Å². The second-order valence-corrected chi connectivity index (χ2v) is 8.98. The summed E-state index contributed by atoms with van der Waals surface area (Å²) in [5.41, 5.74) is 1.40. The van der Waals surface area contributed by atoms with Crippen LogP contribution < -0.4 is 10.6 Å². The third-order valence-electron chi connectivity index (χ3n) is 5.92. The molecule has 6 nitrogen and oxygen atoms in total. The summed E-state index contributed by atoms with van der Waals surface area (Å²) < 4.78 is 5.43. The van der Waals surface area contributed by atoms with Crippen LogP contribution in [0.15, 0.2) is 24.4 Å². The first kappa shape index (κ1) is 21.6. The number of halogens is 2. The largest absolute Gasteiger partial charge is 0.393 e. The quantitative estimate of drug-likeness (QED) is 0.574. The van der Waals surface area contributed by atoms with Crippen LogP contribution >= 0.6 is 23.2 Å². The molecule has 0 atom stereocenters. The zero-order valence-electron chi connectivity index (χ0n) is 16.9. The molecule has 0 amide bonds. The molecule has 1 saturated heterocycles. The molecule has 162 valence electrons. The minimum absolute atomic E-state index is 0.184. The van der Waals surface area contributed by atoms with Crippen molar-refractivity contribution in [3.8, 4) is 11.3 Å². The SMILES string of the molecule is O[C@H]1CC[C@H](Nc2cc(-c3nc(NCC4CCOCC4)ccc3Cl)c(Cl)cn2)CC1. The van der Waals surface area contributed by atoms with Gasteiger partial charge in [0.05, 0.1) is 21.8 Å². The topological polar surface area (TPSA) is 79.3 Å². The van der Waals surface area contributed by atoms with Crippen molar-refractivity contribution in [3.05, 3.63) is 34.4 Å². The third kappa shape index (κ3) is 5.55. The summed E-state index contributed by atoms with van der Waals surface area (Å²) in [6.07, 6.45) is 7.05. The number of aliphatic hydroxyl groups is 1. The van der Waals surface area contributed by atoms with E-state index >= 15 is 0 Å². The van der Waals surface area contributed by atoms with Crippen molar-refractivity contribution in [1.29, 1.82) is 0 Å².